The van der Waals surface area contributed by atoms with E-state index in [2.05, 4.69) is 22.9 Å². The van der Waals surface area contributed by atoms with Gasteiger partial charge in [0.05, 0.1) is 5.52 Å². The summed E-state index contributed by atoms with van der Waals surface area (Å²) in [4.78, 5) is 15.8. The Labute approximate surface area is 144 Å². The third-order valence-electron chi connectivity index (χ3n) is 4.59. The number of hydrogen-bond acceptors (Lipinski definition) is 4. The third kappa shape index (κ3) is 2.83. The van der Waals surface area contributed by atoms with Crippen LogP contribution in [0.15, 0.2) is 49.0 Å². The second kappa shape index (κ2) is 6.18. The van der Waals surface area contributed by atoms with E-state index in [4.69, 9.17) is 9.84 Å². The molecule has 3 aromatic rings. The molecule has 2 heterocycles. The van der Waals surface area contributed by atoms with Crippen LogP contribution in [0.1, 0.15) is 12.0 Å². The van der Waals surface area contributed by atoms with E-state index in [9.17, 15) is 4.79 Å². The molecule has 0 unspecified atom stereocenters. The lowest BCUT2D eigenvalue weighted by molar-refractivity contribution is -0.139. The highest BCUT2D eigenvalue weighted by atomic mass is 16.5. The van der Waals surface area contributed by atoms with Gasteiger partial charge < -0.3 is 15.2 Å². The Kier molecular flexibility index (Phi) is 3.86. The molecule has 2 N–H and O–H groups in total. The van der Waals surface area contributed by atoms with Crippen LogP contribution in [0.25, 0.3) is 27.8 Å². The lowest BCUT2D eigenvalue weighted by Crippen LogP contribution is -2.30. The minimum atomic E-state index is -0.851. The van der Waals surface area contributed by atoms with E-state index >= 15 is 0 Å². The largest absolute Gasteiger partial charge is 0.480 e. The quantitative estimate of drug-likeness (QED) is 0.717. The van der Waals surface area contributed by atoms with Gasteiger partial charge in [-0.1, -0.05) is 43.0 Å². The SMILES string of the molecule is C=Cc1ccc2c(c1)c(O[C@H]1CN[C@H](C(=O)O)C1)nc1ccccc12. The van der Waals surface area contributed by atoms with Crippen molar-refractivity contribution in [2.45, 2.75) is 18.6 Å². The van der Waals surface area contributed by atoms with Gasteiger partial charge in [-0.25, -0.2) is 4.98 Å². The molecule has 25 heavy (non-hydrogen) atoms. The fourth-order valence-electron chi connectivity index (χ4n) is 3.30. The first-order valence-corrected chi connectivity index (χ1v) is 8.23. The first-order valence-electron chi connectivity index (χ1n) is 8.23. The molecule has 0 bridgehead atoms. The lowest BCUT2D eigenvalue weighted by atomic mass is 10.0. The van der Waals surface area contributed by atoms with Gasteiger partial charge in [-0.15, -0.1) is 0 Å². The van der Waals surface area contributed by atoms with Crippen LogP contribution < -0.4 is 10.1 Å². The van der Waals surface area contributed by atoms with Crippen molar-refractivity contribution in [2.24, 2.45) is 0 Å². The highest BCUT2D eigenvalue weighted by Crippen LogP contribution is 2.33. The van der Waals surface area contributed by atoms with Gasteiger partial charge in [-0.3, -0.25) is 4.79 Å². The molecule has 2 aromatic carbocycles. The number of carboxylic acids is 1. The Bertz CT molecular complexity index is 983. The van der Waals surface area contributed by atoms with E-state index in [1.54, 1.807) is 6.08 Å². The number of aromatic nitrogens is 1. The summed E-state index contributed by atoms with van der Waals surface area (Å²) >= 11 is 0. The number of ether oxygens (including phenoxy) is 1. The fraction of sp³-hybridized carbons (Fsp3) is 0.200. The molecule has 0 radical (unpaired) electrons. The minimum Gasteiger partial charge on any atom is -0.480 e. The summed E-state index contributed by atoms with van der Waals surface area (Å²) in [7, 11) is 0. The van der Waals surface area contributed by atoms with E-state index in [1.165, 1.54) is 0 Å². The van der Waals surface area contributed by atoms with Gasteiger partial charge in [0.2, 0.25) is 5.88 Å². The molecule has 1 aliphatic heterocycles. The summed E-state index contributed by atoms with van der Waals surface area (Å²) in [6, 6.07) is 13.4. The zero-order chi connectivity index (χ0) is 17.4. The van der Waals surface area contributed by atoms with Crippen molar-refractivity contribution in [3.05, 3.63) is 54.6 Å². The summed E-state index contributed by atoms with van der Waals surface area (Å²) in [5.74, 6) is -0.313. The lowest BCUT2D eigenvalue weighted by Gasteiger charge is -2.15. The second-order valence-corrected chi connectivity index (χ2v) is 6.22. The van der Waals surface area contributed by atoms with Crippen LogP contribution in [-0.2, 0) is 4.79 Å². The van der Waals surface area contributed by atoms with Gasteiger partial charge >= 0.3 is 5.97 Å². The van der Waals surface area contributed by atoms with E-state index in [1.807, 2.05) is 36.4 Å². The Morgan fingerprint density at radius 2 is 2.08 bits per heavy atom. The van der Waals surface area contributed by atoms with Crippen LogP contribution in [0.3, 0.4) is 0 Å². The fourth-order valence-corrected chi connectivity index (χ4v) is 3.30. The molecular formula is C20H18N2O3. The van der Waals surface area contributed by atoms with Crippen molar-refractivity contribution < 1.29 is 14.6 Å². The monoisotopic (exact) mass is 334 g/mol. The van der Waals surface area contributed by atoms with Gasteiger partial charge in [0.25, 0.3) is 0 Å². The molecule has 126 valence electrons. The molecule has 5 nitrogen and oxygen atoms in total. The Morgan fingerprint density at radius 1 is 1.24 bits per heavy atom. The highest BCUT2D eigenvalue weighted by molar-refractivity contribution is 6.08. The standard InChI is InChI=1S/C20H18N2O3/c1-2-12-7-8-14-15-5-3-4-6-17(15)22-19(16(14)9-12)25-13-10-18(20(23)24)21-11-13/h2-9,13,18,21H,1,10-11H2,(H,23,24)/t13-,18+/m1/s1. The molecule has 1 fully saturated rings. The molecule has 0 aliphatic carbocycles. The Balaban J connectivity index is 1.80. The molecule has 1 aromatic heterocycles. The van der Waals surface area contributed by atoms with Crippen LogP contribution in [0, 0.1) is 0 Å². The van der Waals surface area contributed by atoms with Crippen molar-refractivity contribution in [3.63, 3.8) is 0 Å². The Morgan fingerprint density at radius 3 is 2.84 bits per heavy atom. The molecule has 4 rings (SSSR count). The molecule has 0 saturated carbocycles. The zero-order valence-corrected chi connectivity index (χ0v) is 13.6. The number of nitrogens with zero attached hydrogens (tertiary/aromatic N) is 1. The summed E-state index contributed by atoms with van der Waals surface area (Å²) < 4.78 is 6.11. The van der Waals surface area contributed by atoms with Gasteiger partial charge in [-0.05, 0) is 23.1 Å². The Hall–Kier alpha value is -2.92. The normalized spacial score (nSPS) is 20.0. The number of rotatable bonds is 4. The molecular weight excluding hydrogens is 316 g/mol. The van der Waals surface area contributed by atoms with Crippen LogP contribution in [0.4, 0.5) is 0 Å². The maximum atomic E-state index is 11.1. The first kappa shape index (κ1) is 15.6. The number of para-hydroxylation sites is 1. The maximum Gasteiger partial charge on any atom is 0.320 e. The number of carboxylic acid groups (broad SMARTS) is 1. The van der Waals surface area contributed by atoms with Crippen molar-refractivity contribution in [1.82, 2.24) is 10.3 Å². The molecule has 0 amide bonds. The van der Waals surface area contributed by atoms with Gasteiger partial charge in [0.1, 0.15) is 12.1 Å². The predicted molar refractivity (Wildman–Crippen MR) is 97.8 cm³/mol. The van der Waals surface area contributed by atoms with Crippen molar-refractivity contribution in [1.29, 1.82) is 0 Å². The zero-order valence-electron chi connectivity index (χ0n) is 13.6. The predicted octanol–water partition coefficient (Wildman–Crippen LogP) is 3.22. The summed E-state index contributed by atoms with van der Waals surface area (Å²) in [5.41, 5.74) is 1.85. The van der Waals surface area contributed by atoms with E-state index < -0.39 is 12.0 Å². The molecule has 0 spiro atoms. The van der Waals surface area contributed by atoms with Crippen LogP contribution in [0.5, 0.6) is 5.88 Å². The second-order valence-electron chi connectivity index (χ2n) is 6.22. The van der Waals surface area contributed by atoms with Gasteiger partial charge in [0, 0.05) is 23.7 Å². The van der Waals surface area contributed by atoms with Crippen LogP contribution in [0.2, 0.25) is 0 Å². The number of carbonyl (C=O) groups is 1. The van der Waals surface area contributed by atoms with Crippen molar-refractivity contribution in [3.8, 4) is 5.88 Å². The number of aliphatic carboxylic acids is 1. The van der Waals surface area contributed by atoms with Gasteiger partial charge in [0.15, 0.2) is 0 Å². The summed E-state index contributed by atoms with van der Waals surface area (Å²) in [6.07, 6.45) is 1.99. The van der Waals surface area contributed by atoms with Crippen molar-refractivity contribution in [2.75, 3.05) is 6.54 Å². The smallest absolute Gasteiger partial charge is 0.320 e. The van der Waals surface area contributed by atoms with Crippen LogP contribution in [-0.4, -0.2) is 34.8 Å². The maximum absolute atomic E-state index is 11.1. The average molecular weight is 334 g/mol. The van der Waals surface area contributed by atoms with Crippen molar-refractivity contribution >= 4 is 33.7 Å². The highest BCUT2D eigenvalue weighted by Gasteiger charge is 2.31. The summed E-state index contributed by atoms with van der Waals surface area (Å²) in [6.45, 7) is 4.32. The molecule has 1 aliphatic rings. The number of fused-ring (bicyclic) bond motifs is 3. The molecule has 1 saturated heterocycles. The van der Waals surface area contributed by atoms with Gasteiger partial charge in [-0.2, -0.15) is 0 Å². The number of pyridine rings is 1. The van der Waals surface area contributed by atoms with E-state index in [0.717, 1.165) is 27.2 Å². The number of hydrogen-bond donors (Lipinski definition) is 2. The third-order valence-corrected chi connectivity index (χ3v) is 4.59. The first-order chi connectivity index (χ1) is 12.2. The number of nitrogens with one attached hydrogen (secondary N) is 1. The molecule has 5 heteroatoms. The number of benzene rings is 2. The van der Waals surface area contributed by atoms with Crippen LogP contribution >= 0.6 is 0 Å². The molecule has 2 atom stereocenters. The summed E-state index contributed by atoms with van der Waals surface area (Å²) in [5, 5.41) is 15.1. The topological polar surface area (TPSA) is 71.5 Å². The minimum absolute atomic E-state index is 0.217. The van der Waals surface area contributed by atoms with E-state index in [-0.39, 0.29) is 6.10 Å². The van der Waals surface area contributed by atoms with E-state index in [0.29, 0.717) is 18.8 Å². The average Bonchev–Trinajstić information content (AvgIpc) is 3.10.